The lowest BCUT2D eigenvalue weighted by Crippen LogP contribution is -2.42. The zero-order chi connectivity index (χ0) is 24.9. The van der Waals surface area contributed by atoms with Crippen molar-refractivity contribution in [3.05, 3.63) is 59.7 Å². The summed E-state index contributed by atoms with van der Waals surface area (Å²) in [5.41, 5.74) is 0.230. The van der Waals surface area contributed by atoms with Crippen LogP contribution in [-0.2, 0) is 19.6 Å². The van der Waals surface area contributed by atoms with Gasteiger partial charge in [-0.25, -0.2) is 13.2 Å². The maximum Gasteiger partial charge on any atom is 0.338 e. The fourth-order valence-corrected chi connectivity index (χ4v) is 5.85. The number of rotatable bonds is 7. The SMILES string of the molecule is COc1ccc(C(=O)OCC(=O)NC(=O)c2ccccc2)cc1S(=O)(=O)N1CC(C)CC(C)C1. The number of ether oxygens (including phenoxy) is 2. The molecule has 182 valence electrons. The van der Waals surface area contributed by atoms with Crippen LogP contribution in [0.25, 0.3) is 0 Å². The van der Waals surface area contributed by atoms with Gasteiger partial charge in [-0.05, 0) is 48.6 Å². The topological polar surface area (TPSA) is 119 Å². The number of amides is 2. The molecule has 2 aromatic rings. The molecule has 0 aliphatic carbocycles. The normalized spacial score (nSPS) is 18.7. The Morgan fingerprint density at radius 2 is 1.65 bits per heavy atom. The Labute approximate surface area is 199 Å². The van der Waals surface area contributed by atoms with Crippen LogP contribution in [0.5, 0.6) is 5.75 Å². The predicted octanol–water partition coefficient (Wildman–Crippen LogP) is 2.48. The molecule has 2 aromatic carbocycles. The van der Waals surface area contributed by atoms with Crippen LogP contribution in [-0.4, -0.2) is 57.3 Å². The smallest absolute Gasteiger partial charge is 0.338 e. The molecule has 1 aliphatic rings. The summed E-state index contributed by atoms with van der Waals surface area (Å²) in [6, 6.07) is 12.0. The van der Waals surface area contributed by atoms with Crippen LogP contribution in [0.4, 0.5) is 0 Å². The first-order valence-electron chi connectivity index (χ1n) is 10.9. The summed E-state index contributed by atoms with van der Waals surface area (Å²) in [5, 5.41) is 2.13. The van der Waals surface area contributed by atoms with Gasteiger partial charge in [0.05, 0.1) is 12.7 Å². The maximum atomic E-state index is 13.3. The molecule has 3 rings (SSSR count). The molecule has 1 heterocycles. The van der Waals surface area contributed by atoms with Crippen LogP contribution in [0.2, 0.25) is 0 Å². The number of carbonyl (C=O) groups excluding carboxylic acids is 3. The van der Waals surface area contributed by atoms with Gasteiger partial charge in [-0.2, -0.15) is 4.31 Å². The van der Waals surface area contributed by atoms with Gasteiger partial charge in [0.1, 0.15) is 10.6 Å². The van der Waals surface area contributed by atoms with E-state index in [9.17, 15) is 22.8 Å². The van der Waals surface area contributed by atoms with Gasteiger partial charge in [-0.1, -0.05) is 32.0 Å². The van der Waals surface area contributed by atoms with E-state index in [1.54, 1.807) is 18.2 Å². The Kier molecular flexibility index (Phi) is 8.06. The summed E-state index contributed by atoms with van der Waals surface area (Å²) >= 11 is 0. The number of nitrogens with zero attached hydrogens (tertiary/aromatic N) is 1. The van der Waals surface area contributed by atoms with Crippen LogP contribution in [0.3, 0.4) is 0 Å². The number of esters is 1. The number of carbonyl (C=O) groups is 3. The first-order chi connectivity index (χ1) is 16.1. The van der Waals surface area contributed by atoms with E-state index in [4.69, 9.17) is 9.47 Å². The molecule has 9 nitrogen and oxygen atoms in total. The lowest BCUT2D eigenvalue weighted by Gasteiger charge is -2.34. The van der Waals surface area contributed by atoms with Crippen molar-refractivity contribution in [2.45, 2.75) is 25.2 Å². The van der Waals surface area contributed by atoms with Crippen molar-refractivity contribution in [3.63, 3.8) is 0 Å². The molecule has 2 atom stereocenters. The molecular formula is C24H28N2O7S. The van der Waals surface area contributed by atoms with Crippen LogP contribution < -0.4 is 10.1 Å². The Bertz CT molecular complexity index is 1160. The number of hydrogen-bond acceptors (Lipinski definition) is 7. The number of nitrogens with one attached hydrogen (secondary N) is 1. The van der Waals surface area contributed by atoms with E-state index in [1.807, 2.05) is 13.8 Å². The highest BCUT2D eigenvalue weighted by molar-refractivity contribution is 7.89. The molecule has 0 radical (unpaired) electrons. The van der Waals surface area contributed by atoms with Gasteiger partial charge >= 0.3 is 5.97 Å². The van der Waals surface area contributed by atoms with Crippen molar-refractivity contribution in [1.29, 1.82) is 0 Å². The third-order valence-electron chi connectivity index (χ3n) is 5.48. The van der Waals surface area contributed by atoms with Gasteiger partial charge in [-0.15, -0.1) is 0 Å². The molecule has 10 heteroatoms. The van der Waals surface area contributed by atoms with Crippen molar-refractivity contribution in [1.82, 2.24) is 9.62 Å². The van der Waals surface area contributed by atoms with Gasteiger partial charge in [-0.3, -0.25) is 14.9 Å². The van der Waals surface area contributed by atoms with Crippen molar-refractivity contribution in [2.24, 2.45) is 11.8 Å². The van der Waals surface area contributed by atoms with E-state index >= 15 is 0 Å². The van der Waals surface area contributed by atoms with Crippen molar-refractivity contribution < 1.29 is 32.3 Å². The van der Waals surface area contributed by atoms with Gasteiger partial charge in [0.25, 0.3) is 11.8 Å². The monoisotopic (exact) mass is 488 g/mol. The first kappa shape index (κ1) is 25.4. The minimum atomic E-state index is -3.93. The summed E-state index contributed by atoms with van der Waals surface area (Å²) < 4.78 is 38.3. The highest BCUT2D eigenvalue weighted by atomic mass is 32.2. The number of methoxy groups -OCH3 is 1. The average Bonchev–Trinajstić information content (AvgIpc) is 2.82. The Balaban J connectivity index is 1.71. The number of hydrogen-bond donors (Lipinski definition) is 1. The lowest BCUT2D eigenvalue weighted by atomic mass is 9.94. The predicted molar refractivity (Wildman–Crippen MR) is 124 cm³/mol. The van der Waals surface area contributed by atoms with Gasteiger partial charge in [0.2, 0.25) is 10.0 Å². The summed E-state index contributed by atoms with van der Waals surface area (Å²) in [6.45, 7) is 4.04. The Morgan fingerprint density at radius 3 is 2.26 bits per heavy atom. The quantitative estimate of drug-likeness (QED) is 0.595. The molecule has 0 aromatic heterocycles. The summed E-state index contributed by atoms with van der Waals surface area (Å²) in [5.74, 6) is -1.82. The van der Waals surface area contributed by atoms with Gasteiger partial charge in [0.15, 0.2) is 6.61 Å². The first-order valence-corrected chi connectivity index (χ1v) is 12.3. The molecule has 0 saturated carbocycles. The minimum absolute atomic E-state index is 0.0559. The summed E-state index contributed by atoms with van der Waals surface area (Å²) in [6.07, 6.45) is 0.935. The molecule has 0 spiro atoms. The van der Waals surface area contributed by atoms with Crippen LogP contribution >= 0.6 is 0 Å². The van der Waals surface area contributed by atoms with E-state index in [0.717, 1.165) is 6.42 Å². The number of imide groups is 1. The van der Waals surface area contributed by atoms with Gasteiger partial charge < -0.3 is 9.47 Å². The van der Waals surface area contributed by atoms with Gasteiger partial charge in [0, 0.05) is 18.7 Å². The number of sulfonamides is 1. The Morgan fingerprint density at radius 1 is 1.00 bits per heavy atom. The zero-order valence-corrected chi connectivity index (χ0v) is 20.1. The fourth-order valence-electron chi connectivity index (χ4n) is 3.99. The van der Waals surface area contributed by atoms with Crippen LogP contribution in [0.15, 0.2) is 53.4 Å². The lowest BCUT2D eigenvalue weighted by molar-refractivity contribution is -0.123. The van der Waals surface area contributed by atoms with Crippen LogP contribution in [0, 0.1) is 11.8 Å². The minimum Gasteiger partial charge on any atom is -0.495 e. The molecule has 2 unspecified atom stereocenters. The zero-order valence-electron chi connectivity index (χ0n) is 19.3. The molecule has 1 N–H and O–H groups in total. The van der Waals surface area contributed by atoms with Crippen molar-refractivity contribution in [3.8, 4) is 5.75 Å². The second kappa shape index (κ2) is 10.8. The molecule has 0 bridgehead atoms. The highest BCUT2D eigenvalue weighted by Crippen LogP contribution is 2.32. The molecule has 2 amide bonds. The molecular weight excluding hydrogens is 460 g/mol. The average molecular weight is 489 g/mol. The van der Waals surface area contributed by atoms with E-state index in [0.29, 0.717) is 13.1 Å². The standard InChI is InChI=1S/C24H28N2O7S/c1-16-11-17(2)14-26(13-16)34(30,31)21-12-19(9-10-20(21)32-3)24(29)33-15-22(27)25-23(28)18-7-5-4-6-8-18/h4-10,12,16-17H,11,13-15H2,1-3H3,(H,25,27,28). The van der Waals surface area contributed by atoms with E-state index < -0.39 is 34.4 Å². The van der Waals surface area contributed by atoms with Crippen molar-refractivity contribution >= 4 is 27.8 Å². The number of benzene rings is 2. The Hall–Kier alpha value is -3.24. The third-order valence-corrected chi connectivity index (χ3v) is 7.33. The van der Waals surface area contributed by atoms with Crippen molar-refractivity contribution in [2.75, 3.05) is 26.8 Å². The third kappa shape index (κ3) is 6.00. The van der Waals surface area contributed by atoms with E-state index in [2.05, 4.69) is 5.32 Å². The van der Waals surface area contributed by atoms with Crippen LogP contribution in [0.1, 0.15) is 41.0 Å². The molecule has 34 heavy (non-hydrogen) atoms. The second-order valence-corrected chi connectivity index (χ2v) is 10.4. The number of piperidine rings is 1. The molecule has 1 aliphatic heterocycles. The molecule has 1 saturated heterocycles. The van der Waals surface area contributed by atoms with E-state index in [-0.39, 0.29) is 33.6 Å². The highest BCUT2D eigenvalue weighted by Gasteiger charge is 2.34. The largest absolute Gasteiger partial charge is 0.495 e. The summed E-state index contributed by atoms with van der Waals surface area (Å²) in [7, 11) is -2.58. The van der Waals surface area contributed by atoms with E-state index in [1.165, 1.54) is 41.7 Å². The second-order valence-electron chi connectivity index (χ2n) is 8.45. The fraction of sp³-hybridized carbons (Fsp3) is 0.375. The summed E-state index contributed by atoms with van der Waals surface area (Å²) in [4.78, 5) is 36.4. The molecule has 1 fully saturated rings. The maximum absolute atomic E-state index is 13.3.